The molecule has 1 N–H and O–H groups in total. The molecule has 4 nitrogen and oxygen atoms in total. The van der Waals surface area contributed by atoms with E-state index in [0.29, 0.717) is 24.0 Å². The Morgan fingerprint density at radius 3 is 2.74 bits per heavy atom. The van der Waals surface area contributed by atoms with Crippen LogP contribution in [0.3, 0.4) is 0 Å². The second-order valence-corrected chi connectivity index (χ2v) is 4.41. The summed E-state index contributed by atoms with van der Waals surface area (Å²) < 4.78 is 10.9. The number of rotatable bonds is 7. The summed E-state index contributed by atoms with van der Waals surface area (Å²) in [5.41, 5.74) is 0.759. The number of aliphatic carboxylic acids is 1. The van der Waals surface area contributed by atoms with Gasteiger partial charge in [-0.05, 0) is 29.7 Å². The van der Waals surface area contributed by atoms with E-state index in [-0.39, 0.29) is 0 Å². The molecule has 0 heterocycles. The van der Waals surface area contributed by atoms with Gasteiger partial charge in [0.2, 0.25) is 0 Å². The zero-order chi connectivity index (χ0) is 14.3. The molecule has 1 rings (SSSR count). The molecule has 0 bridgehead atoms. The fourth-order valence-corrected chi connectivity index (χ4v) is 1.42. The van der Waals surface area contributed by atoms with Crippen molar-refractivity contribution in [2.45, 2.75) is 20.3 Å². The molecular weight excluding hydrogens is 244 g/mol. The molecule has 0 fully saturated rings. The summed E-state index contributed by atoms with van der Waals surface area (Å²) in [7, 11) is 1.57. The van der Waals surface area contributed by atoms with E-state index in [1.54, 1.807) is 25.3 Å². The van der Waals surface area contributed by atoms with Gasteiger partial charge in [0.1, 0.15) is 0 Å². The SMILES string of the molecule is CCC(C)COc1ccc(C=CC(=O)O)cc1OC. The van der Waals surface area contributed by atoms with Gasteiger partial charge in [0.25, 0.3) is 0 Å². The van der Waals surface area contributed by atoms with Crippen molar-refractivity contribution >= 4 is 12.0 Å². The monoisotopic (exact) mass is 264 g/mol. The highest BCUT2D eigenvalue weighted by Crippen LogP contribution is 2.29. The van der Waals surface area contributed by atoms with Crippen LogP contribution in [-0.4, -0.2) is 24.8 Å². The average molecular weight is 264 g/mol. The van der Waals surface area contributed by atoms with E-state index in [4.69, 9.17) is 14.6 Å². The highest BCUT2D eigenvalue weighted by atomic mass is 16.5. The van der Waals surface area contributed by atoms with Crippen molar-refractivity contribution in [1.82, 2.24) is 0 Å². The Bertz CT molecular complexity index is 451. The summed E-state index contributed by atoms with van der Waals surface area (Å²) in [5.74, 6) is 0.790. The Morgan fingerprint density at radius 2 is 2.16 bits per heavy atom. The maximum Gasteiger partial charge on any atom is 0.328 e. The summed E-state index contributed by atoms with van der Waals surface area (Å²) in [6.07, 6.45) is 3.67. The van der Waals surface area contributed by atoms with Gasteiger partial charge in [0.05, 0.1) is 13.7 Å². The third kappa shape index (κ3) is 5.04. The third-order valence-corrected chi connectivity index (χ3v) is 2.83. The summed E-state index contributed by atoms with van der Waals surface area (Å²) in [4.78, 5) is 10.5. The lowest BCUT2D eigenvalue weighted by molar-refractivity contribution is -0.131. The minimum absolute atomic E-state index is 0.483. The molecule has 0 aliphatic carbocycles. The first-order valence-corrected chi connectivity index (χ1v) is 6.28. The van der Waals surface area contributed by atoms with Crippen LogP contribution in [0.4, 0.5) is 0 Å². The molecule has 0 aliphatic rings. The Morgan fingerprint density at radius 1 is 1.42 bits per heavy atom. The van der Waals surface area contributed by atoms with Crippen molar-refractivity contribution in [2.75, 3.05) is 13.7 Å². The van der Waals surface area contributed by atoms with Crippen LogP contribution < -0.4 is 9.47 Å². The van der Waals surface area contributed by atoms with Gasteiger partial charge in [-0.2, -0.15) is 0 Å². The largest absolute Gasteiger partial charge is 0.493 e. The van der Waals surface area contributed by atoms with Crippen LogP contribution in [0.2, 0.25) is 0 Å². The fraction of sp³-hybridized carbons (Fsp3) is 0.400. The highest BCUT2D eigenvalue weighted by molar-refractivity contribution is 5.85. The number of carboxylic acid groups (broad SMARTS) is 1. The van der Waals surface area contributed by atoms with Crippen molar-refractivity contribution in [3.8, 4) is 11.5 Å². The Hall–Kier alpha value is -1.97. The molecule has 104 valence electrons. The van der Waals surface area contributed by atoms with Crippen LogP contribution in [0.1, 0.15) is 25.8 Å². The van der Waals surface area contributed by atoms with E-state index in [2.05, 4.69) is 13.8 Å². The quantitative estimate of drug-likeness (QED) is 0.768. The van der Waals surface area contributed by atoms with Crippen LogP contribution in [0.25, 0.3) is 6.08 Å². The number of benzene rings is 1. The lowest BCUT2D eigenvalue weighted by Crippen LogP contribution is -2.08. The summed E-state index contributed by atoms with van der Waals surface area (Å²) >= 11 is 0. The minimum Gasteiger partial charge on any atom is -0.493 e. The predicted molar refractivity (Wildman–Crippen MR) is 74.6 cm³/mol. The fourth-order valence-electron chi connectivity index (χ4n) is 1.42. The number of methoxy groups -OCH3 is 1. The first-order chi connectivity index (χ1) is 9.06. The summed E-state index contributed by atoms with van der Waals surface area (Å²) in [5, 5.41) is 8.59. The molecule has 0 spiro atoms. The molecule has 0 aromatic heterocycles. The molecule has 1 unspecified atom stereocenters. The van der Waals surface area contributed by atoms with Gasteiger partial charge in [-0.1, -0.05) is 26.3 Å². The zero-order valence-electron chi connectivity index (χ0n) is 11.6. The maximum atomic E-state index is 10.5. The van der Waals surface area contributed by atoms with Gasteiger partial charge in [-0.25, -0.2) is 4.79 Å². The zero-order valence-corrected chi connectivity index (χ0v) is 11.6. The van der Waals surface area contributed by atoms with Crippen LogP contribution in [0.5, 0.6) is 11.5 Å². The standard InChI is InChI=1S/C15H20O4/c1-4-11(2)10-19-13-7-5-12(6-8-15(16)17)9-14(13)18-3/h5-9,11H,4,10H2,1-3H3,(H,16,17). The van der Waals surface area contributed by atoms with Crippen LogP contribution >= 0.6 is 0 Å². The molecule has 1 aromatic carbocycles. The molecular formula is C15H20O4. The van der Waals surface area contributed by atoms with Crippen molar-refractivity contribution in [3.63, 3.8) is 0 Å². The van der Waals surface area contributed by atoms with Gasteiger partial charge in [0, 0.05) is 6.08 Å². The van der Waals surface area contributed by atoms with Crippen LogP contribution in [-0.2, 0) is 4.79 Å². The minimum atomic E-state index is -0.976. The molecule has 19 heavy (non-hydrogen) atoms. The predicted octanol–water partition coefficient (Wildman–Crippen LogP) is 3.22. The van der Waals surface area contributed by atoms with Gasteiger partial charge in [0.15, 0.2) is 11.5 Å². The van der Waals surface area contributed by atoms with Crippen molar-refractivity contribution in [2.24, 2.45) is 5.92 Å². The molecule has 0 saturated heterocycles. The van der Waals surface area contributed by atoms with Crippen molar-refractivity contribution < 1.29 is 19.4 Å². The smallest absolute Gasteiger partial charge is 0.328 e. The van der Waals surface area contributed by atoms with Crippen LogP contribution in [0.15, 0.2) is 24.3 Å². The molecule has 0 aliphatic heterocycles. The maximum absolute atomic E-state index is 10.5. The number of carboxylic acids is 1. The number of hydrogen-bond donors (Lipinski definition) is 1. The molecule has 1 atom stereocenters. The lowest BCUT2D eigenvalue weighted by atomic mass is 10.1. The van der Waals surface area contributed by atoms with Crippen LogP contribution in [0, 0.1) is 5.92 Å². The van der Waals surface area contributed by atoms with Gasteiger partial charge in [-0.3, -0.25) is 0 Å². The summed E-state index contributed by atoms with van der Waals surface area (Å²) in [6, 6.07) is 5.35. The average Bonchev–Trinajstić information content (AvgIpc) is 2.42. The molecule has 4 heteroatoms. The van der Waals surface area contributed by atoms with Gasteiger partial charge >= 0.3 is 5.97 Å². The third-order valence-electron chi connectivity index (χ3n) is 2.83. The molecule has 0 saturated carbocycles. The molecule has 1 aromatic rings. The Kier molecular flexibility index (Phi) is 5.93. The molecule has 0 amide bonds. The van der Waals surface area contributed by atoms with E-state index in [1.165, 1.54) is 6.08 Å². The van der Waals surface area contributed by atoms with Gasteiger partial charge < -0.3 is 14.6 Å². The Labute approximate surface area is 113 Å². The van der Waals surface area contributed by atoms with E-state index >= 15 is 0 Å². The molecule has 0 radical (unpaired) electrons. The highest BCUT2D eigenvalue weighted by Gasteiger charge is 2.07. The van der Waals surface area contributed by atoms with Gasteiger partial charge in [-0.15, -0.1) is 0 Å². The number of carbonyl (C=O) groups is 1. The topological polar surface area (TPSA) is 55.8 Å². The van der Waals surface area contributed by atoms with E-state index in [0.717, 1.165) is 18.1 Å². The first-order valence-electron chi connectivity index (χ1n) is 6.28. The second-order valence-electron chi connectivity index (χ2n) is 4.41. The summed E-state index contributed by atoms with van der Waals surface area (Å²) in [6.45, 7) is 4.87. The lowest BCUT2D eigenvalue weighted by Gasteiger charge is -2.14. The van der Waals surface area contributed by atoms with E-state index in [1.807, 2.05) is 0 Å². The Balaban J connectivity index is 2.81. The van der Waals surface area contributed by atoms with Crippen molar-refractivity contribution in [1.29, 1.82) is 0 Å². The van der Waals surface area contributed by atoms with E-state index < -0.39 is 5.97 Å². The number of hydrogen-bond acceptors (Lipinski definition) is 3. The van der Waals surface area contributed by atoms with Crippen molar-refractivity contribution in [3.05, 3.63) is 29.8 Å². The van der Waals surface area contributed by atoms with E-state index in [9.17, 15) is 4.79 Å². The normalized spacial score (nSPS) is 12.4. The second kappa shape index (κ2) is 7.46. The number of ether oxygens (including phenoxy) is 2. The first kappa shape index (κ1) is 15.1.